The lowest BCUT2D eigenvalue weighted by Crippen LogP contribution is -2.31. The average molecular weight is 525 g/mol. The standard InChI is InChI=1S/C24H23ClF2N2O3S2/c1-34(31,32)29(19-12-13-20(26)21(27)15-19)14-4-7-24(30)28-22-5-2-3-6-23(22)33-16-17-8-10-18(25)11-9-17/h2-3,5-6,8-13,15H,4,7,14,16H2,1H3,(H,28,30). The normalized spacial score (nSPS) is 11.3. The number of hydrogen-bond acceptors (Lipinski definition) is 4. The van der Waals surface area contributed by atoms with Gasteiger partial charge in [0, 0.05) is 34.7 Å². The van der Waals surface area contributed by atoms with Crippen LogP contribution >= 0.6 is 23.4 Å². The Balaban J connectivity index is 1.59. The van der Waals surface area contributed by atoms with Gasteiger partial charge in [0.2, 0.25) is 15.9 Å². The molecule has 180 valence electrons. The molecule has 0 aliphatic heterocycles. The van der Waals surface area contributed by atoms with Crippen LogP contribution in [0.15, 0.2) is 71.6 Å². The highest BCUT2D eigenvalue weighted by Gasteiger charge is 2.19. The van der Waals surface area contributed by atoms with Crippen LogP contribution in [0.2, 0.25) is 5.02 Å². The number of carbonyl (C=O) groups is 1. The van der Waals surface area contributed by atoms with Gasteiger partial charge in [0.15, 0.2) is 11.6 Å². The van der Waals surface area contributed by atoms with Gasteiger partial charge in [0.05, 0.1) is 17.6 Å². The van der Waals surface area contributed by atoms with Crippen LogP contribution in [0.1, 0.15) is 18.4 Å². The van der Waals surface area contributed by atoms with Crippen LogP contribution in [0.5, 0.6) is 0 Å². The third-order valence-corrected chi connectivity index (χ3v) is 7.42. The van der Waals surface area contributed by atoms with Crippen molar-refractivity contribution in [2.24, 2.45) is 0 Å². The molecule has 0 atom stereocenters. The Labute approximate surface area is 207 Å². The van der Waals surface area contributed by atoms with Crippen molar-refractivity contribution < 1.29 is 22.0 Å². The van der Waals surface area contributed by atoms with Crippen molar-refractivity contribution in [2.75, 3.05) is 22.4 Å². The van der Waals surface area contributed by atoms with E-state index in [-0.39, 0.29) is 31.0 Å². The van der Waals surface area contributed by atoms with Gasteiger partial charge >= 0.3 is 0 Å². The second kappa shape index (κ2) is 11.7. The van der Waals surface area contributed by atoms with E-state index >= 15 is 0 Å². The monoisotopic (exact) mass is 524 g/mol. The molecule has 0 aliphatic carbocycles. The van der Waals surface area contributed by atoms with Gasteiger partial charge in [-0.15, -0.1) is 11.8 Å². The van der Waals surface area contributed by atoms with Crippen molar-refractivity contribution in [2.45, 2.75) is 23.5 Å². The van der Waals surface area contributed by atoms with Crippen LogP contribution in [0.25, 0.3) is 0 Å². The minimum Gasteiger partial charge on any atom is -0.325 e. The third kappa shape index (κ3) is 7.44. The number of halogens is 3. The lowest BCUT2D eigenvalue weighted by molar-refractivity contribution is -0.116. The van der Waals surface area contributed by atoms with Gasteiger partial charge in [-0.1, -0.05) is 35.9 Å². The van der Waals surface area contributed by atoms with Crippen molar-refractivity contribution in [3.63, 3.8) is 0 Å². The molecule has 3 rings (SSSR count). The SMILES string of the molecule is CS(=O)(=O)N(CCCC(=O)Nc1ccccc1SCc1ccc(Cl)cc1)c1ccc(F)c(F)c1. The van der Waals surface area contributed by atoms with Gasteiger partial charge < -0.3 is 5.32 Å². The zero-order valence-corrected chi connectivity index (χ0v) is 20.7. The number of amides is 1. The van der Waals surface area contributed by atoms with Crippen LogP contribution in [0.3, 0.4) is 0 Å². The molecule has 0 fully saturated rings. The van der Waals surface area contributed by atoms with E-state index in [1.165, 1.54) is 6.07 Å². The predicted molar refractivity (Wildman–Crippen MR) is 134 cm³/mol. The first-order chi connectivity index (χ1) is 16.1. The zero-order chi connectivity index (χ0) is 24.7. The summed E-state index contributed by atoms with van der Waals surface area (Å²) >= 11 is 7.49. The summed E-state index contributed by atoms with van der Waals surface area (Å²) in [6.07, 6.45) is 1.21. The Bertz CT molecular complexity index is 1260. The summed E-state index contributed by atoms with van der Waals surface area (Å²) in [5.74, 6) is -1.79. The van der Waals surface area contributed by atoms with Gasteiger partial charge in [-0.3, -0.25) is 9.10 Å². The first kappa shape index (κ1) is 26.0. The quantitative estimate of drug-likeness (QED) is 0.326. The van der Waals surface area contributed by atoms with Crippen molar-refractivity contribution in [1.82, 2.24) is 0 Å². The number of nitrogens with one attached hydrogen (secondary N) is 1. The van der Waals surface area contributed by atoms with Crippen LogP contribution in [-0.2, 0) is 20.6 Å². The molecule has 0 spiro atoms. The smallest absolute Gasteiger partial charge is 0.232 e. The Morgan fingerprint density at radius 1 is 1.03 bits per heavy atom. The highest BCUT2D eigenvalue weighted by Crippen LogP contribution is 2.30. The summed E-state index contributed by atoms with van der Waals surface area (Å²) in [6, 6.07) is 17.8. The summed E-state index contributed by atoms with van der Waals surface area (Å²) in [5, 5.41) is 3.53. The molecule has 0 heterocycles. The predicted octanol–water partition coefficient (Wildman–Crippen LogP) is 6.10. The number of thioether (sulfide) groups is 1. The van der Waals surface area contributed by atoms with Crippen LogP contribution in [0.4, 0.5) is 20.2 Å². The Kier molecular flexibility index (Phi) is 8.93. The highest BCUT2D eigenvalue weighted by atomic mass is 35.5. The molecule has 1 amide bonds. The lowest BCUT2D eigenvalue weighted by Gasteiger charge is -2.22. The van der Waals surface area contributed by atoms with E-state index < -0.39 is 21.7 Å². The maximum atomic E-state index is 13.6. The first-order valence-electron chi connectivity index (χ1n) is 10.3. The molecule has 3 aromatic rings. The molecule has 34 heavy (non-hydrogen) atoms. The fraction of sp³-hybridized carbons (Fsp3) is 0.208. The molecule has 0 saturated carbocycles. The number of rotatable bonds is 10. The number of para-hydroxylation sites is 1. The lowest BCUT2D eigenvalue weighted by atomic mass is 10.2. The fourth-order valence-corrected chi connectivity index (χ4v) is 5.21. The molecule has 0 bridgehead atoms. The largest absolute Gasteiger partial charge is 0.325 e. The molecule has 5 nitrogen and oxygen atoms in total. The average Bonchev–Trinajstić information content (AvgIpc) is 2.78. The van der Waals surface area contributed by atoms with Gasteiger partial charge in [0.1, 0.15) is 0 Å². The minimum absolute atomic E-state index is 0.00533. The van der Waals surface area contributed by atoms with Crippen LogP contribution in [0, 0.1) is 11.6 Å². The van der Waals surface area contributed by atoms with Gasteiger partial charge in [0.25, 0.3) is 0 Å². The van der Waals surface area contributed by atoms with Gasteiger partial charge in [-0.25, -0.2) is 17.2 Å². The molecule has 3 aromatic carbocycles. The topological polar surface area (TPSA) is 66.5 Å². The minimum atomic E-state index is -3.75. The molecule has 0 radical (unpaired) electrons. The highest BCUT2D eigenvalue weighted by molar-refractivity contribution is 7.98. The number of benzene rings is 3. The van der Waals surface area contributed by atoms with E-state index in [0.29, 0.717) is 16.5 Å². The van der Waals surface area contributed by atoms with Gasteiger partial charge in [-0.2, -0.15) is 0 Å². The van der Waals surface area contributed by atoms with E-state index in [0.717, 1.165) is 33.2 Å². The summed E-state index contributed by atoms with van der Waals surface area (Å²) in [4.78, 5) is 13.4. The summed E-state index contributed by atoms with van der Waals surface area (Å²) in [6.45, 7) is -0.0513. The second-order valence-electron chi connectivity index (χ2n) is 7.50. The zero-order valence-electron chi connectivity index (χ0n) is 18.3. The maximum absolute atomic E-state index is 13.6. The van der Waals surface area contributed by atoms with E-state index in [1.807, 2.05) is 42.5 Å². The molecule has 1 N–H and O–H groups in total. The van der Waals surface area contributed by atoms with Crippen molar-refractivity contribution in [3.8, 4) is 0 Å². The summed E-state index contributed by atoms with van der Waals surface area (Å²) in [7, 11) is -3.75. The third-order valence-electron chi connectivity index (χ3n) is 4.83. The Morgan fingerprint density at radius 2 is 1.74 bits per heavy atom. The molecule has 10 heteroatoms. The summed E-state index contributed by atoms with van der Waals surface area (Å²) in [5.41, 5.74) is 1.76. The van der Waals surface area contributed by atoms with E-state index in [4.69, 9.17) is 11.6 Å². The van der Waals surface area contributed by atoms with E-state index in [2.05, 4.69) is 5.32 Å². The van der Waals surface area contributed by atoms with Crippen molar-refractivity contribution in [1.29, 1.82) is 0 Å². The van der Waals surface area contributed by atoms with Crippen molar-refractivity contribution in [3.05, 3.63) is 89.0 Å². The number of carbonyl (C=O) groups excluding carboxylic acids is 1. The number of anilines is 2. The van der Waals surface area contributed by atoms with Gasteiger partial charge in [-0.05, 0) is 48.4 Å². The molecule has 0 aromatic heterocycles. The van der Waals surface area contributed by atoms with Crippen LogP contribution < -0.4 is 9.62 Å². The number of nitrogens with zero attached hydrogens (tertiary/aromatic N) is 1. The number of hydrogen-bond donors (Lipinski definition) is 1. The second-order valence-corrected chi connectivity index (χ2v) is 10.9. The Morgan fingerprint density at radius 3 is 2.41 bits per heavy atom. The fourth-order valence-electron chi connectivity index (χ4n) is 3.16. The number of sulfonamides is 1. The summed E-state index contributed by atoms with van der Waals surface area (Å²) < 4.78 is 52.0. The molecule has 0 unspecified atom stereocenters. The van der Waals surface area contributed by atoms with E-state index in [1.54, 1.807) is 17.8 Å². The maximum Gasteiger partial charge on any atom is 0.232 e. The molecular formula is C24H23ClF2N2O3S2. The van der Waals surface area contributed by atoms with E-state index in [9.17, 15) is 22.0 Å². The first-order valence-corrected chi connectivity index (χ1v) is 13.5. The Hall–Kier alpha value is -2.62. The van der Waals surface area contributed by atoms with Crippen molar-refractivity contribution >= 4 is 50.7 Å². The molecular weight excluding hydrogens is 502 g/mol. The van der Waals surface area contributed by atoms with Crippen LogP contribution in [-0.4, -0.2) is 27.1 Å². The molecule has 0 saturated heterocycles. The molecule has 0 aliphatic rings.